The van der Waals surface area contributed by atoms with Crippen molar-refractivity contribution in [2.45, 2.75) is 90.1 Å². The number of aliphatic hydroxyl groups excluding tert-OH is 1. The van der Waals surface area contributed by atoms with Crippen LogP contribution in [0.25, 0.3) is 0 Å². The summed E-state index contributed by atoms with van der Waals surface area (Å²) in [6, 6.07) is 0. The number of alkyl halides is 1. The second-order valence-corrected chi connectivity index (χ2v) is 12.1. The molecular formula is C23H39BrO3S. The zero-order valence-corrected chi connectivity index (χ0v) is 20.9. The van der Waals surface area contributed by atoms with Gasteiger partial charge in [0.05, 0.1) is 4.83 Å². The lowest BCUT2D eigenvalue weighted by atomic mass is 9.50. The van der Waals surface area contributed by atoms with E-state index in [1.54, 1.807) is 6.92 Å². The summed E-state index contributed by atoms with van der Waals surface area (Å²) in [5.41, 5.74) is -0.0619. The highest BCUT2D eigenvalue weighted by Gasteiger charge is 2.59. The van der Waals surface area contributed by atoms with E-state index in [0.29, 0.717) is 28.8 Å². The molecule has 0 amide bonds. The average Bonchev–Trinajstić information content (AvgIpc) is 2.89. The first kappa shape index (κ1) is 24.4. The highest BCUT2D eigenvalue weighted by molar-refractivity contribution is 9.10. The highest BCUT2D eigenvalue weighted by atomic mass is 79.9. The molecule has 1 N–H and O–H groups in total. The van der Waals surface area contributed by atoms with Crippen molar-refractivity contribution in [1.82, 2.24) is 0 Å². The number of rotatable bonds is 3. The number of hydrogen-bond donors (Lipinski definition) is 1. The second kappa shape index (κ2) is 9.51. The van der Waals surface area contributed by atoms with Crippen LogP contribution in [0.15, 0.2) is 0 Å². The van der Waals surface area contributed by atoms with Crippen molar-refractivity contribution in [2.24, 2.45) is 34.5 Å². The molecule has 3 aliphatic carbocycles. The van der Waals surface area contributed by atoms with E-state index in [0.717, 1.165) is 38.5 Å². The topological polar surface area (TPSA) is 54.4 Å². The molecular weight excluding hydrogens is 436 g/mol. The van der Waals surface area contributed by atoms with Crippen LogP contribution in [0, 0.1) is 34.5 Å². The molecule has 0 saturated heterocycles. The zero-order valence-electron chi connectivity index (χ0n) is 18.5. The summed E-state index contributed by atoms with van der Waals surface area (Å²) in [6.45, 7) is 12.7. The molecule has 5 heteroatoms. The third kappa shape index (κ3) is 4.27. The van der Waals surface area contributed by atoms with Crippen molar-refractivity contribution in [2.75, 3.05) is 6.61 Å². The minimum absolute atomic E-state index is 0.0165. The molecule has 3 nitrogen and oxygen atoms in total. The van der Waals surface area contributed by atoms with E-state index in [4.69, 9.17) is 0 Å². The van der Waals surface area contributed by atoms with Gasteiger partial charge in [-0.1, -0.05) is 62.3 Å². The second-order valence-electron chi connectivity index (χ2n) is 9.49. The zero-order chi connectivity index (χ0) is 21.3. The number of hydrogen-bond acceptors (Lipinski definition) is 4. The van der Waals surface area contributed by atoms with Crippen molar-refractivity contribution in [3.8, 4) is 0 Å². The molecule has 0 radical (unpaired) electrons. The van der Waals surface area contributed by atoms with Crippen molar-refractivity contribution < 1.29 is 14.7 Å². The minimum Gasteiger partial charge on any atom is -0.396 e. The highest BCUT2D eigenvalue weighted by Crippen LogP contribution is 2.62. The Hall–Kier alpha value is 0.130. The third-order valence-corrected chi connectivity index (χ3v) is 10.1. The first-order chi connectivity index (χ1) is 13.1. The molecule has 28 heavy (non-hydrogen) atoms. The molecule has 0 aromatic rings. The Morgan fingerprint density at radius 3 is 2.39 bits per heavy atom. The van der Waals surface area contributed by atoms with Crippen LogP contribution < -0.4 is 0 Å². The van der Waals surface area contributed by atoms with Gasteiger partial charge in [0, 0.05) is 24.2 Å². The fourth-order valence-electron chi connectivity index (χ4n) is 6.66. The number of fused-ring (bicyclic) bond motifs is 1. The smallest absolute Gasteiger partial charge is 0.186 e. The molecule has 3 rings (SSSR count). The van der Waals surface area contributed by atoms with E-state index in [2.05, 4.69) is 36.7 Å². The number of ketones is 1. The largest absolute Gasteiger partial charge is 0.396 e. The summed E-state index contributed by atoms with van der Waals surface area (Å²) >= 11 is 5.08. The maximum atomic E-state index is 12.7. The van der Waals surface area contributed by atoms with Crippen LogP contribution in [0.2, 0.25) is 0 Å². The standard InChI is InChI=1S/C21H33BrO3S.C2H6/c1-12-16(6-8-21(4)17(12)10-18(22)19(21)25)20(3)7-5-15(26-13(2)24)9-14(20)11-23;1-2/h12,14-18,23H,5-11H2,1-4H3;1-2H3/t12?,14-,15+,16?,17?,18-,20+,21+;/m1./s1. The lowest BCUT2D eigenvalue weighted by molar-refractivity contribution is -0.133. The Kier molecular flexibility index (Phi) is 8.29. The predicted octanol–water partition coefficient (Wildman–Crippen LogP) is 5.86. The fourth-order valence-corrected chi connectivity index (χ4v) is 8.62. The van der Waals surface area contributed by atoms with Crippen molar-refractivity contribution in [3.63, 3.8) is 0 Å². The van der Waals surface area contributed by atoms with Crippen LogP contribution >= 0.6 is 27.7 Å². The van der Waals surface area contributed by atoms with Crippen LogP contribution in [0.1, 0.15) is 80.1 Å². The van der Waals surface area contributed by atoms with Gasteiger partial charge in [-0.15, -0.1) is 0 Å². The molecule has 0 aliphatic heterocycles. The number of halogens is 1. The molecule has 0 heterocycles. The number of aliphatic hydroxyl groups is 1. The van der Waals surface area contributed by atoms with Gasteiger partial charge in [0.25, 0.3) is 0 Å². The molecule has 0 aromatic carbocycles. The van der Waals surface area contributed by atoms with Gasteiger partial charge < -0.3 is 5.11 Å². The molecule has 3 fully saturated rings. The normalized spacial score (nSPS) is 45.8. The molecule has 3 unspecified atom stereocenters. The summed E-state index contributed by atoms with van der Waals surface area (Å²) in [6.07, 6.45) is 6.08. The number of thioether (sulfide) groups is 1. The van der Waals surface area contributed by atoms with Gasteiger partial charge in [-0.2, -0.15) is 0 Å². The van der Waals surface area contributed by atoms with E-state index < -0.39 is 0 Å². The lowest BCUT2D eigenvalue weighted by Crippen LogP contribution is -2.51. The van der Waals surface area contributed by atoms with Gasteiger partial charge in [-0.3, -0.25) is 9.59 Å². The number of Topliss-reactive ketones (excluding diaryl/α,β-unsaturated/α-hetero) is 1. The molecule has 8 atom stereocenters. The van der Waals surface area contributed by atoms with E-state index in [1.165, 1.54) is 11.8 Å². The predicted molar refractivity (Wildman–Crippen MR) is 122 cm³/mol. The average molecular weight is 476 g/mol. The van der Waals surface area contributed by atoms with E-state index in [-0.39, 0.29) is 33.3 Å². The summed E-state index contributed by atoms with van der Waals surface area (Å²) in [4.78, 5) is 24.2. The molecule has 3 saturated carbocycles. The van der Waals surface area contributed by atoms with Gasteiger partial charge in [0.2, 0.25) is 0 Å². The molecule has 3 aliphatic rings. The van der Waals surface area contributed by atoms with Gasteiger partial charge in [-0.05, 0) is 67.6 Å². The molecule has 0 spiro atoms. The van der Waals surface area contributed by atoms with Crippen LogP contribution in [-0.4, -0.2) is 32.7 Å². The fraction of sp³-hybridized carbons (Fsp3) is 0.913. The van der Waals surface area contributed by atoms with E-state index in [9.17, 15) is 14.7 Å². The maximum Gasteiger partial charge on any atom is 0.186 e. The Labute approximate surface area is 184 Å². The Morgan fingerprint density at radius 1 is 1.18 bits per heavy atom. The van der Waals surface area contributed by atoms with Crippen molar-refractivity contribution in [3.05, 3.63) is 0 Å². The van der Waals surface area contributed by atoms with Gasteiger partial charge in [-0.25, -0.2) is 0 Å². The first-order valence-electron chi connectivity index (χ1n) is 11.1. The first-order valence-corrected chi connectivity index (χ1v) is 12.9. The summed E-state index contributed by atoms with van der Waals surface area (Å²) in [5.74, 6) is 2.14. The van der Waals surface area contributed by atoms with Gasteiger partial charge in [0.1, 0.15) is 0 Å². The van der Waals surface area contributed by atoms with E-state index in [1.807, 2.05) is 13.8 Å². The SMILES string of the molecule is CC.CC(=O)S[C@H]1CC[C@](C)(C2CC[C@]3(C)C(=O)[C@H](Br)CC3C2C)[C@@H](CO)C1. The van der Waals surface area contributed by atoms with E-state index >= 15 is 0 Å². The summed E-state index contributed by atoms with van der Waals surface area (Å²) in [5, 5.41) is 10.7. The van der Waals surface area contributed by atoms with Gasteiger partial charge in [0.15, 0.2) is 10.9 Å². The Morgan fingerprint density at radius 2 is 1.82 bits per heavy atom. The van der Waals surface area contributed by atoms with Crippen LogP contribution in [0.5, 0.6) is 0 Å². The third-order valence-electron chi connectivity index (χ3n) is 8.26. The van der Waals surface area contributed by atoms with Crippen molar-refractivity contribution >= 4 is 38.6 Å². The molecule has 0 aromatic heterocycles. The van der Waals surface area contributed by atoms with Crippen LogP contribution in [0.4, 0.5) is 0 Å². The monoisotopic (exact) mass is 474 g/mol. The maximum absolute atomic E-state index is 12.7. The number of carbonyl (C=O) groups is 2. The van der Waals surface area contributed by atoms with Crippen LogP contribution in [-0.2, 0) is 9.59 Å². The van der Waals surface area contributed by atoms with Gasteiger partial charge >= 0.3 is 0 Å². The van der Waals surface area contributed by atoms with Crippen molar-refractivity contribution in [1.29, 1.82) is 0 Å². The molecule has 0 bridgehead atoms. The quantitative estimate of drug-likeness (QED) is 0.519. The number of carbonyl (C=O) groups excluding carboxylic acids is 2. The molecule has 162 valence electrons. The summed E-state index contributed by atoms with van der Waals surface area (Å²) < 4.78 is 0. The lowest BCUT2D eigenvalue weighted by Gasteiger charge is -2.55. The Balaban J connectivity index is 0.00000136. The van der Waals surface area contributed by atoms with Crippen LogP contribution in [0.3, 0.4) is 0 Å². The minimum atomic E-state index is -0.170. The Bertz CT molecular complexity index is 582. The summed E-state index contributed by atoms with van der Waals surface area (Å²) in [7, 11) is 0.